The molecule has 0 spiro atoms. The third-order valence-electron chi connectivity index (χ3n) is 6.25. The monoisotopic (exact) mass is 462 g/mol. The number of carbonyl (C=O) groups is 1. The average Bonchev–Trinajstić information content (AvgIpc) is 3.52. The molecule has 0 amide bonds. The third-order valence-corrected chi connectivity index (χ3v) is 6.25. The molecule has 2 N–H and O–H groups in total. The van der Waals surface area contributed by atoms with Gasteiger partial charge < -0.3 is 29.2 Å². The van der Waals surface area contributed by atoms with Gasteiger partial charge >= 0.3 is 5.97 Å². The maximum absolute atomic E-state index is 12.4. The standard InChI is InChI=1S/C26H38O7/c1-17-13-18(2)15-22(28)26-24(33-26)16-23(21(27)10-6-12-30-3)32-25(29)11-5-8-19-7-4-9-20(14-17)31-19/h4-7,10-11,17,19-24,26-28H,2,8-9,12-16H2,1,3H3/b10-6+,11-5-/t17-,19-,20-,21-,22-,23?,24-,26-/m0/s1. The average molecular weight is 463 g/mol. The van der Waals surface area contributed by atoms with Crippen LogP contribution >= 0.6 is 0 Å². The Hall–Kier alpha value is -1.77. The molecule has 7 nitrogen and oxygen atoms in total. The predicted molar refractivity (Wildman–Crippen MR) is 125 cm³/mol. The van der Waals surface area contributed by atoms with E-state index in [4.69, 9.17) is 18.9 Å². The highest BCUT2D eigenvalue weighted by Crippen LogP contribution is 2.34. The van der Waals surface area contributed by atoms with Crippen LogP contribution in [-0.4, -0.2) is 72.6 Å². The molecule has 1 unspecified atom stereocenters. The molecular weight excluding hydrogens is 424 g/mol. The SMILES string of the molecule is C=C1C[C@H](C)C[C@@H]2CC=C[C@@H](C/C=C\C(=O)OC([C@@H](O)/C=C/COC)C[C@@H]3O[C@H]3[C@@H](O)C1)O2. The van der Waals surface area contributed by atoms with Gasteiger partial charge in [-0.2, -0.15) is 0 Å². The van der Waals surface area contributed by atoms with Crippen molar-refractivity contribution in [1.82, 2.24) is 0 Å². The normalized spacial score (nSPS) is 38.1. The van der Waals surface area contributed by atoms with Gasteiger partial charge in [0, 0.05) is 19.6 Å². The van der Waals surface area contributed by atoms with Gasteiger partial charge in [0.2, 0.25) is 0 Å². The molecule has 3 aliphatic rings. The number of epoxide rings is 1. The van der Waals surface area contributed by atoms with Crippen LogP contribution in [0.15, 0.2) is 48.6 Å². The molecule has 1 saturated heterocycles. The smallest absolute Gasteiger partial charge is 0.330 e. The van der Waals surface area contributed by atoms with Crippen LogP contribution in [0, 0.1) is 5.92 Å². The number of methoxy groups -OCH3 is 1. The summed E-state index contributed by atoms with van der Waals surface area (Å²) in [6, 6.07) is 0. The number of hydrogen-bond acceptors (Lipinski definition) is 7. The Morgan fingerprint density at radius 2 is 2.06 bits per heavy atom. The van der Waals surface area contributed by atoms with Gasteiger partial charge in [0.05, 0.1) is 31.0 Å². The first-order valence-corrected chi connectivity index (χ1v) is 11.9. The van der Waals surface area contributed by atoms with E-state index in [0.29, 0.717) is 31.8 Å². The van der Waals surface area contributed by atoms with Crippen molar-refractivity contribution in [2.75, 3.05) is 13.7 Å². The van der Waals surface area contributed by atoms with E-state index in [2.05, 4.69) is 19.6 Å². The number of rotatable bonds is 4. The molecular formula is C26H38O7. The first-order valence-electron chi connectivity index (χ1n) is 11.9. The second kappa shape index (κ2) is 12.6. The van der Waals surface area contributed by atoms with Crippen molar-refractivity contribution in [2.45, 2.75) is 88.2 Å². The molecule has 3 rings (SSSR count). The third kappa shape index (κ3) is 8.50. The fourth-order valence-corrected chi connectivity index (χ4v) is 4.61. The first kappa shape index (κ1) is 25.8. The second-order valence-corrected chi connectivity index (χ2v) is 9.39. The van der Waals surface area contributed by atoms with E-state index in [-0.39, 0.29) is 24.4 Å². The zero-order chi connectivity index (χ0) is 23.8. The Labute approximate surface area is 196 Å². The molecule has 0 radical (unpaired) electrons. The largest absolute Gasteiger partial charge is 0.456 e. The molecule has 7 heteroatoms. The van der Waals surface area contributed by atoms with Gasteiger partial charge in [0.15, 0.2) is 0 Å². The van der Waals surface area contributed by atoms with Crippen molar-refractivity contribution in [2.24, 2.45) is 5.92 Å². The maximum Gasteiger partial charge on any atom is 0.330 e. The van der Waals surface area contributed by atoms with Crippen LogP contribution in [0.4, 0.5) is 0 Å². The molecule has 0 aliphatic carbocycles. The molecule has 184 valence electrons. The first-order chi connectivity index (χ1) is 15.9. The molecule has 0 aromatic carbocycles. The van der Waals surface area contributed by atoms with E-state index in [0.717, 1.165) is 24.8 Å². The number of aliphatic hydroxyl groups is 2. The lowest BCUT2D eigenvalue weighted by molar-refractivity contribution is -0.148. The number of aliphatic hydroxyl groups excluding tert-OH is 2. The lowest BCUT2D eigenvalue weighted by Crippen LogP contribution is -2.32. The van der Waals surface area contributed by atoms with Crippen molar-refractivity contribution in [3.8, 4) is 0 Å². The van der Waals surface area contributed by atoms with Gasteiger partial charge in [-0.1, -0.05) is 49.5 Å². The van der Waals surface area contributed by atoms with Crippen LogP contribution in [0.2, 0.25) is 0 Å². The Kier molecular flexibility index (Phi) is 9.89. The molecule has 0 aromatic rings. The van der Waals surface area contributed by atoms with Crippen molar-refractivity contribution < 1.29 is 34.0 Å². The summed E-state index contributed by atoms with van der Waals surface area (Å²) in [5.74, 6) is -0.142. The van der Waals surface area contributed by atoms with E-state index in [1.807, 2.05) is 6.08 Å². The van der Waals surface area contributed by atoms with Gasteiger partial charge in [-0.05, 0) is 38.0 Å². The number of cyclic esters (lactones) is 1. The molecule has 0 saturated carbocycles. The zero-order valence-corrected chi connectivity index (χ0v) is 19.7. The van der Waals surface area contributed by atoms with Gasteiger partial charge in [0.1, 0.15) is 18.3 Å². The van der Waals surface area contributed by atoms with Crippen molar-refractivity contribution in [1.29, 1.82) is 0 Å². The van der Waals surface area contributed by atoms with Crippen molar-refractivity contribution in [3.05, 3.63) is 48.6 Å². The van der Waals surface area contributed by atoms with Crippen molar-refractivity contribution in [3.63, 3.8) is 0 Å². The molecule has 2 bridgehead atoms. The molecule has 3 heterocycles. The summed E-state index contributed by atoms with van der Waals surface area (Å²) in [6.45, 7) is 6.69. The minimum Gasteiger partial charge on any atom is -0.456 e. The topological polar surface area (TPSA) is 97.8 Å². The van der Waals surface area contributed by atoms with Crippen molar-refractivity contribution >= 4 is 5.97 Å². The molecule has 1 fully saturated rings. The van der Waals surface area contributed by atoms with Crippen LogP contribution in [0.1, 0.15) is 45.4 Å². The fraction of sp³-hybridized carbons (Fsp3) is 0.654. The molecule has 0 aromatic heterocycles. The number of esters is 1. The predicted octanol–water partition coefficient (Wildman–Crippen LogP) is 3.02. The van der Waals surface area contributed by atoms with Crippen LogP contribution in [0.25, 0.3) is 0 Å². The van der Waals surface area contributed by atoms with Gasteiger partial charge in [-0.3, -0.25) is 0 Å². The summed E-state index contributed by atoms with van der Waals surface area (Å²) >= 11 is 0. The summed E-state index contributed by atoms with van der Waals surface area (Å²) in [6.07, 6.45) is 11.4. The molecule has 3 aliphatic heterocycles. The molecule has 33 heavy (non-hydrogen) atoms. The summed E-state index contributed by atoms with van der Waals surface area (Å²) < 4.78 is 22.4. The van der Waals surface area contributed by atoms with Crippen LogP contribution < -0.4 is 0 Å². The Balaban J connectivity index is 1.71. The Morgan fingerprint density at radius 1 is 1.24 bits per heavy atom. The van der Waals surface area contributed by atoms with Crippen LogP contribution in [0.5, 0.6) is 0 Å². The number of ether oxygens (including phenoxy) is 4. The lowest BCUT2D eigenvalue weighted by atomic mass is 9.91. The van der Waals surface area contributed by atoms with E-state index in [9.17, 15) is 15.0 Å². The zero-order valence-electron chi connectivity index (χ0n) is 19.7. The number of carbonyl (C=O) groups excluding carboxylic acids is 1. The maximum atomic E-state index is 12.4. The highest BCUT2D eigenvalue weighted by atomic mass is 16.6. The summed E-state index contributed by atoms with van der Waals surface area (Å²) in [4.78, 5) is 12.4. The highest BCUT2D eigenvalue weighted by molar-refractivity contribution is 5.82. The summed E-state index contributed by atoms with van der Waals surface area (Å²) in [7, 11) is 1.56. The Bertz CT molecular complexity index is 743. The number of hydrogen-bond donors (Lipinski definition) is 2. The minimum absolute atomic E-state index is 0.0807. The van der Waals surface area contributed by atoms with Gasteiger partial charge in [-0.25, -0.2) is 4.79 Å². The van der Waals surface area contributed by atoms with E-state index in [1.165, 1.54) is 6.08 Å². The molecule has 8 atom stereocenters. The van der Waals surface area contributed by atoms with Crippen LogP contribution in [0.3, 0.4) is 0 Å². The fourth-order valence-electron chi connectivity index (χ4n) is 4.61. The number of fused-ring (bicyclic) bond motifs is 3. The van der Waals surface area contributed by atoms with E-state index >= 15 is 0 Å². The van der Waals surface area contributed by atoms with E-state index in [1.54, 1.807) is 25.3 Å². The van der Waals surface area contributed by atoms with E-state index < -0.39 is 24.3 Å². The highest BCUT2D eigenvalue weighted by Gasteiger charge is 2.46. The van der Waals surface area contributed by atoms with Gasteiger partial charge in [-0.15, -0.1) is 0 Å². The van der Waals surface area contributed by atoms with Crippen LogP contribution in [-0.2, 0) is 23.7 Å². The minimum atomic E-state index is -1.01. The lowest BCUT2D eigenvalue weighted by Gasteiger charge is -2.28. The quantitative estimate of drug-likeness (QED) is 0.376. The second-order valence-electron chi connectivity index (χ2n) is 9.39. The Morgan fingerprint density at radius 3 is 2.85 bits per heavy atom. The summed E-state index contributed by atoms with van der Waals surface area (Å²) in [5.41, 5.74) is 0.988. The summed E-state index contributed by atoms with van der Waals surface area (Å²) in [5, 5.41) is 21.2. The van der Waals surface area contributed by atoms with Gasteiger partial charge in [0.25, 0.3) is 0 Å².